The van der Waals surface area contributed by atoms with Crippen molar-refractivity contribution in [2.24, 2.45) is 5.73 Å². The standard InChI is InChI=1S/C14H22N4O/c1-4-18-10-13(8-16-18)14(7-15)17(3)9-12-5-6-19-11(12)2/h5-6,8,10,14H,4,7,9,15H2,1-3H3. The van der Waals surface area contributed by atoms with Gasteiger partial charge in [0, 0.05) is 37.0 Å². The van der Waals surface area contributed by atoms with Crippen molar-refractivity contribution in [3.05, 3.63) is 41.6 Å². The third kappa shape index (κ3) is 3.05. The van der Waals surface area contributed by atoms with E-state index in [1.807, 2.05) is 23.9 Å². The number of hydrogen-bond donors (Lipinski definition) is 1. The van der Waals surface area contributed by atoms with Crippen LogP contribution in [0, 0.1) is 6.92 Å². The van der Waals surface area contributed by atoms with E-state index in [1.54, 1.807) is 6.26 Å². The van der Waals surface area contributed by atoms with Gasteiger partial charge in [-0.25, -0.2) is 0 Å². The lowest BCUT2D eigenvalue weighted by Crippen LogP contribution is -2.30. The Morgan fingerprint density at radius 2 is 2.32 bits per heavy atom. The van der Waals surface area contributed by atoms with Crippen LogP contribution in [0.4, 0.5) is 0 Å². The second-order valence-corrected chi connectivity index (χ2v) is 4.80. The number of aryl methyl sites for hydroxylation is 2. The van der Waals surface area contributed by atoms with Gasteiger partial charge in [-0.1, -0.05) is 0 Å². The van der Waals surface area contributed by atoms with E-state index in [2.05, 4.69) is 30.2 Å². The summed E-state index contributed by atoms with van der Waals surface area (Å²) in [6.07, 6.45) is 5.70. The molecule has 0 aromatic carbocycles. The lowest BCUT2D eigenvalue weighted by atomic mass is 10.1. The minimum atomic E-state index is 0.176. The van der Waals surface area contributed by atoms with Crippen molar-refractivity contribution < 1.29 is 4.42 Å². The minimum absolute atomic E-state index is 0.176. The van der Waals surface area contributed by atoms with Crippen LogP contribution in [-0.2, 0) is 13.1 Å². The zero-order valence-electron chi connectivity index (χ0n) is 11.8. The maximum Gasteiger partial charge on any atom is 0.105 e. The quantitative estimate of drug-likeness (QED) is 0.864. The van der Waals surface area contributed by atoms with Crippen molar-refractivity contribution in [2.45, 2.75) is 33.0 Å². The van der Waals surface area contributed by atoms with Gasteiger partial charge >= 0.3 is 0 Å². The van der Waals surface area contributed by atoms with Crippen molar-refractivity contribution >= 4 is 0 Å². The van der Waals surface area contributed by atoms with Crippen LogP contribution < -0.4 is 5.73 Å². The van der Waals surface area contributed by atoms with Gasteiger partial charge in [-0.3, -0.25) is 9.58 Å². The summed E-state index contributed by atoms with van der Waals surface area (Å²) in [6.45, 7) is 6.33. The monoisotopic (exact) mass is 262 g/mol. The van der Waals surface area contributed by atoms with Crippen LogP contribution in [0.5, 0.6) is 0 Å². The summed E-state index contributed by atoms with van der Waals surface area (Å²) in [5, 5.41) is 4.32. The molecule has 0 amide bonds. The normalized spacial score (nSPS) is 13.1. The fourth-order valence-corrected chi connectivity index (χ4v) is 2.25. The SMILES string of the molecule is CCn1cc(C(CN)N(C)Cc2ccoc2C)cn1. The molecule has 0 bridgehead atoms. The van der Waals surface area contributed by atoms with E-state index in [9.17, 15) is 0 Å². The van der Waals surface area contributed by atoms with E-state index >= 15 is 0 Å². The molecule has 0 aliphatic rings. The Morgan fingerprint density at radius 3 is 2.84 bits per heavy atom. The molecule has 0 aliphatic heterocycles. The Balaban J connectivity index is 2.10. The molecule has 0 fully saturated rings. The third-order valence-electron chi connectivity index (χ3n) is 3.50. The zero-order valence-corrected chi connectivity index (χ0v) is 11.8. The first-order valence-electron chi connectivity index (χ1n) is 6.61. The Labute approximate surface area is 114 Å². The van der Waals surface area contributed by atoms with E-state index in [0.29, 0.717) is 6.54 Å². The molecule has 0 aliphatic carbocycles. The highest BCUT2D eigenvalue weighted by Crippen LogP contribution is 2.21. The van der Waals surface area contributed by atoms with Gasteiger partial charge in [0.2, 0.25) is 0 Å². The Hall–Kier alpha value is -1.59. The highest BCUT2D eigenvalue weighted by atomic mass is 16.3. The summed E-state index contributed by atoms with van der Waals surface area (Å²) in [5.41, 5.74) is 8.28. The Morgan fingerprint density at radius 1 is 1.53 bits per heavy atom. The second-order valence-electron chi connectivity index (χ2n) is 4.80. The topological polar surface area (TPSA) is 60.2 Å². The smallest absolute Gasteiger partial charge is 0.105 e. The lowest BCUT2D eigenvalue weighted by Gasteiger charge is -2.25. The van der Waals surface area contributed by atoms with Crippen molar-refractivity contribution in [1.82, 2.24) is 14.7 Å². The van der Waals surface area contributed by atoms with E-state index in [0.717, 1.165) is 24.4 Å². The first-order valence-corrected chi connectivity index (χ1v) is 6.61. The van der Waals surface area contributed by atoms with Crippen LogP contribution in [0.3, 0.4) is 0 Å². The van der Waals surface area contributed by atoms with Gasteiger partial charge in [-0.15, -0.1) is 0 Å². The molecule has 19 heavy (non-hydrogen) atoms. The van der Waals surface area contributed by atoms with Crippen LogP contribution in [0.2, 0.25) is 0 Å². The predicted molar refractivity (Wildman–Crippen MR) is 74.6 cm³/mol. The van der Waals surface area contributed by atoms with E-state index in [4.69, 9.17) is 10.2 Å². The number of nitrogens with zero attached hydrogens (tertiary/aromatic N) is 3. The summed E-state index contributed by atoms with van der Waals surface area (Å²) < 4.78 is 7.26. The average molecular weight is 262 g/mol. The molecule has 2 aromatic rings. The number of furan rings is 1. The molecule has 2 aromatic heterocycles. The first-order chi connectivity index (χ1) is 9.15. The molecule has 0 radical (unpaired) electrons. The first kappa shape index (κ1) is 13.8. The van der Waals surface area contributed by atoms with Crippen molar-refractivity contribution in [3.63, 3.8) is 0 Å². The van der Waals surface area contributed by atoms with Crippen LogP contribution in [0.1, 0.15) is 29.9 Å². The zero-order chi connectivity index (χ0) is 13.8. The average Bonchev–Trinajstić information content (AvgIpc) is 3.01. The van der Waals surface area contributed by atoms with Gasteiger partial charge in [-0.05, 0) is 27.0 Å². The molecule has 5 nitrogen and oxygen atoms in total. The Kier molecular flexibility index (Phi) is 4.39. The number of hydrogen-bond acceptors (Lipinski definition) is 4. The number of likely N-dealkylation sites (N-methyl/N-ethyl adjacent to an activating group) is 1. The third-order valence-corrected chi connectivity index (χ3v) is 3.50. The predicted octanol–water partition coefficient (Wildman–Crippen LogP) is 1.94. The van der Waals surface area contributed by atoms with Crippen LogP contribution >= 0.6 is 0 Å². The molecule has 2 heterocycles. The summed E-state index contributed by atoms with van der Waals surface area (Å²) in [7, 11) is 2.08. The minimum Gasteiger partial charge on any atom is -0.469 e. The summed E-state index contributed by atoms with van der Waals surface area (Å²) >= 11 is 0. The summed E-state index contributed by atoms with van der Waals surface area (Å²) in [5.74, 6) is 0.965. The second kappa shape index (κ2) is 6.04. The van der Waals surface area contributed by atoms with Crippen molar-refractivity contribution in [1.29, 1.82) is 0 Å². The highest BCUT2D eigenvalue weighted by molar-refractivity contribution is 5.17. The molecule has 0 saturated carbocycles. The van der Waals surface area contributed by atoms with Gasteiger partial charge in [-0.2, -0.15) is 5.10 Å². The van der Waals surface area contributed by atoms with Crippen LogP contribution in [0.25, 0.3) is 0 Å². The van der Waals surface area contributed by atoms with Gasteiger partial charge in [0.15, 0.2) is 0 Å². The van der Waals surface area contributed by atoms with Crippen molar-refractivity contribution in [2.75, 3.05) is 13.6 Å². The number of aromatic nitrogens is 2. The largest absolute Gasteiger partial charge is 0.469 e. The molecule has 1 atom stereocenters. The molecule has 2 rings (SSSR count). The molecule has 1 unspecified atom stereocenters. The summed E-state index contributed by atoms with van der Waals surface area (Å²) in [6, 6.07) is 2.18. The Bertz CT molecular complexity index is 517. The van der Waals surface area contributed by atoms with E-state index in [-0.39, 0.29) is 6.04 Å². The van der Waals surface area contributed by atoms with Crippen LogP contribution in [-0.4, -0.2) is 28.3 Å². The lowest BCUT2D eigenvalue weighted by molar-refractivity contribution is 0.240. The van der Waals surface area contributed by atoms with E-state index in [1.165, 1.54) is 5.56 Å². The maximum atomic E-state index is 5.92. The van der Waals surface area contributed by atoms with E-state index < -0.39 is 0 Å². The molecular formula is C14H22N4O. The number of rotatable bonds is 6. The molecule has 104 valence electrons. The van der Waals surface area contributed by atoms with Crippen LogP contribution in [0.15, 0.2) is 29.1 Å². The summed E-state index contributed by atoms with van der Waals surface area (Å²) in [4.78, 5) is 2.23. The fourth-order valence-electron chi connectivity index (χ4n) is 2.25. The van der Waals surface area contributed by atoms with Gasteiger partial charge in [0.1, 0.15) is 5.76 Å². The highest BCUT2D eigenvalue weighted by Gasteiger charge is 2.18. The molecular weight excluding hydrogens is 240 g/mol. The number of nitrogens with two attached hydrogens (primary N) is 1. The van der Waals surface area contributed by atoms with Gasteiger partial charge < -0.3 is 10.2 Å². The molecule has 0 spiro atoms. The molecule has 2 N–H and O–H groups in total. The van der Waals surface area contributed by atoms with Gasteiger partial charge in [0.25, 0.3) is 0 Å². The van der Waals surface area contributed by atoms with Crippen molar-refractivity contribution in [3.8, 4) is 0 Å². The maximum absolute atomic E-state index is 5.92. The van der Waals surface area contributed by atoms with Gasteiger partial charge in [0.05, 0.1) is 18.5 Å². The molecule has 0 saturated heterocycles. The fraction of sp³-hybridized carbons (Fsp3) is 0.500. The molecule has 5 heteroatoms.